The first-order chi connectivity index (χ1) is 6.33. The molecule has 0 fully saturated rings. The number of allylic oxidation sites excluding steroid dienone is 4. The summed E-state index contributed by atoms with van der Waals surface area (Å²) in [5.74, 6) is 0. The summed E-state index contributed by atoms with van der Waals surface area (Å²) >= 11 is 0. The maximum atomic E-state index is 4.40. The molecule has 0 aliphatic rings. The molecule has 1 nitrogen and oxygen atoms in total. The third-order valence-electron chi connectivity index (χ3n) is 1.71. The molecule has 1 heteroatoms. The van der Waals surface area contributed by atoms with Crippen LogP contribution >= 0.6 is 0 Å². The molecule has 1 heterocycles. The lowest BCUT2D eigenvalue weighted by Crippen LogP contribution is -1.88. The summed E-state index contributed by atoms with van der Waals surface area (Å²) in [6.07, 6.45) is 9.10. The van der Waals surface area contributed by atoms with E-state index >= 15 is 0 Å². The smallest absolute Gasteiger partial charge is 0.0444 e. The maximum absolute atomic E-state index is 4.40. The number of hydrogen-bond donors (Lipinski definition) is 0. The van der Waals surface area contributed by atoms with Crippen LogP contribution in [0.25, 0.3) is 0 Å². The van der Waals surface area contributed by atoms with E-state index < -0.39 is 0 Å². The Morgan fingerprint density at radius 1 is 1.31 bits per heavy atom. The summed E-state index contributed by atoms with van der Waals surface area (Å²) in [4.78, 5) is 4.40. The van der Waals surface area contributed by atoms with Gasteiger partial charge in [-0.25, -0.2) is 0 Å². The number of aromatic nitrogens is 1. The van der Waals surface area contributed by atoms with Crippen LogP contribution in [-0.2, 0) is 6.42 Å². The fourth-order valence-corrected chi connectivity index (χ4v) is 1.09. The molecular weight excluding hydrogens is 158 g/mol. The predicted molar refractivity (Wildman–Crippen MR) is 56.6 cm³/mol. The lowest BCUT2D eigenvalue weighted by atomic mass is 10.2. The van der Waals surface area contributed by atoms with Gasteiger partial charge in [0.1, 0.15) is 0 Å². The second kappa shape index (κ2) is 5.31. The van der Waals surface area contributed by atoms with Gasteiger partial charge in [-0.2, -0.15) is 0 Å². The average Bonchev–Trinajstić information content (AvgIpc) is 2.13. The van der Waals surface area contributed by atoms with Crippen molar-refractivity contribution in [3.05, 3.63) is 53.9 Å². The molecule has 0 spiro atoms. The van der Waals surface area contributed by atoms with Gasteiger partial charge >= 0.3 is 0 Å². The summed E-state index contributed by atoms with van der Waals surface area (Å²) in [5, 5.41) is 0. The molecule has 0 aliphatic carbocycles. The number of nitrogens with zero attached hydrogens (tertiary/aromatic N) is 1. The number of pyridine rings is 1. The highest BCUT2D eigenvalue weighted by Crippen LogP contribution is 1.99. The summed E-state index contributed by atoms with van der Waals surface area (Å²) in [5.41, 5.74) is 2.21. The van der Waals surface area contributed by atoms with Crippen LogP contribution in [0.1, 0.15) is 18.3 Å². The van der Waals surface area contributed by atoms with Crippen molar-refractivity contribution in [1.82, 2.24) is 4.98 Å². The van der Waals surface area contributed by atoms with E-state index in [2.05, 4.69) is 11.1 Å². The topological polar surface area (TPSA) is 12.9 Å². The molecule has 0 unspecified atom stereocenters. The van der Waals surface area contributed by atoms with Gasteiger partial charge in [-0.3, -0.25) is 4.98 Å². The Kier molecular flexibility index (Phi) is 3.97. The summed E-state index contributed by atoms with van der Waals surface area (Å²) in [7, 11) is 0. The first-order valence-electron chi connectivity index (χ1n) is 4.53. The molecule has 0 aromatic carbocycles. The highest BCUT2D eigenvalue weighted by Gasteiger charge is 1.89. The molecule has 0 radical (unpaired) electrons. The highest BCUT2D eigenvalue weighted by molar-refractivity contribution is 5.14. The van der Waals surface area contributed by atoms with Gasteiger partial charge in [0, 0.05) is 17.8 Å². The first-order valence-corrected chi connectivity index (χ1v) is 4.53. The summed E-state index contributed by atoms with van der Waals surface area (Å²) < 4.78 is 0. The van der Waals surface area contributed by atoms with Crippen molar-refractivity contribution in [2.24, 2.45) is 0 Å². The molecule has 1 aromatic rings. The van der Waals surface area contributed by atoms with Crippen LogP contribution in [0, 0.1) is 6.92 Å². The SMILES string of the molecule is C/C=C/C=C\Cc1cccc(C)n1. The molecule has 1 rings (SSSR count). The van der Waals surface area contributed by atoms with Gasteiger partial charge in [-0.05, 0) is 26.0 Å². The van der Waals surface area contributed by atoms with E-state index in [1.807, 2.05) is 50.3 Å². The highest BCUT2D eigenvalue weighted by atomic mass is 14.7. The van der Waals surface area contributed by atoms with Gasteiger partial charge in [0.05, 0.1) is 0 Å². The zero-order chi connectivity index (χ0) is 9.52. The second-order valence-electron chi connectivity index (χ2n) is 2.93. The van der Waals surface area contributed by atoms with Gasteiger partial charge in [0.25, 0.3) is 0 Å². The van der Waals surface area contributed by atoms with Gasteiger partial charge in [0.15, 0.2) is 0 Å². The summed E-state index contributed by atoms with van der Waals surface area (Å²) in [6, 6.07) is 6.10. The van der Waals surface area contributed by atoms with E-state index in [9.17, 15) is 0 Å². The predicted octanol–water partition coefficient (Wildman–Crippen LogP) is 3.06. The molecule has 0 atom stereocenters. The molecule has 1 aromatic heterocycles. The lowest BCUT2D eigenvalue weighted by molar-refractivity contribution is 1.06. The lowest BCUT2D eigenvalue weighted by Gasteiger charge is -1.96. The van der Waals surface area contributed by atoms with Crippen molar-refractivity contribution in [2.45, 2.75) is 20.3 Å². The minimum Gasteiger partial charge on any atom is -0.258 e. The van der Waals surface area contributed by atoms with Crippen LogP contribution in [0.4, 0.5) is 0 Å². The van der Waals surface area contributed by atoms with Gasteiger partial charge < -0.3 is 0 Å². The van der Waals surface area contributed by atoms with E-state index in [0.29, 0.717) is 0 Å². The van der Waals surface area contributed by atoms with Crippen LogP contribution in [0.5, 0.6) is 0 Å². The Balaban J connectivity index is 2.54. The number of rotatable bonds is 3. The van der Waals surface area contributed by atoms with Crippen molar-refractivity contribution >= 4 is 0 Å². The molecule has 0 saturated carbocycles. The molecule has 0 aliphatic heterocycles. The fourth-order valence-electron chi connectivity index (χ4n) is 1.09. The van der Waals surface area contributed by atoms with Crippen LogP contribution in [0.3, 0.4) is 0 Å². The monoisotopic (exact) mass is 173 g/mol. The molecule has 0 bridgehead atoms. The van der Waals surface area contributed by atoms with E-state index in [1.165, 1.54) is 0 Å². The third kappa shape index (κ3) is 3.70. The Bertz CT molecular complexity index is 311. The number of hydrogen-bond acceptors (Lipinski definition) is 1. The quantitative estimate of drug-likeness (QED) is 0.640. The maximum Gasteiger partial charge on any atom is 0.0444 e. The van der Waals surface area contributed by atoms with Crippen LogP contribution < -0.4 is 0 Å². The Morgan fingerprint density at radius 3 is 2.85 bits per heavy atom. The molecule has 13 heavy (non-hydrogen) atoms. The van der Waals surface area contributed by atoms with Crippen molar-refractivity contribution in [3.63, 3.8) is 0 Å². The molecule has 0 saturated heterocycles. The van der Waals surface area contributed by atoms with E-state index in [0.717, 1.165) is 17.8 Å². The van der Waals surface area contributed by atoms with Gasteiger partial charge in [-0.15, -0.1) is 0 Å². The zero-order valence-electron chi connectivity index (χ0n) is 8.20. The van der Waals surface area contributed by atoms with Crippen LogP contribution in [0.15, 0.2) is 42.5 Å². The summed E-state index contributed by atoms with van der Waals surface area (Å²) in [6.45, 7) is 4.02. The molecule has 68 valence electrons. The largest absolute Gasteiger partial charge is 0.258 e. The van der Waals surface area contributed by atoms with E-state index in [4.69, 9.17) is 0 Å². The van der Waals surface area contributed by atoms with Crippen molar-refractivity contribution < 1.29 is 0 Å². The van der Waals surface area contributed by atoms with Crippen LogP contribution in [0.2, 0.25) is 0 Å². The van der Waals surface area contributed by atoms with Gasteiger partial charge in [-0.1, -0.05) is 30.4 Å². The number of aryl methyl sites for hydroxylation is 1. The van der Waals surface area contributed by atoms with Gasteiger partial charge in [0.2, 0.25) is 0 Å². The van der Waals surface area contributed by atoms with Crippen molar-refractivity contribution in [1.29, 1.82) is 0 Å². The van der Waals surface area contributed by atoms with Crippen LogP contribution in [-0.4, -0.2) is 4.98 Å². The standard InChI is InChI=1S/C12H15N/c1-3-4-5-6-9-12-10-7-8-11(2)13-12/h3-8,10H,9H2,1-2H3/b4-3+,6-5-. The zero-order valence-corrected chi connectivity index (χ0v) is 8.20. The molecule has 0 N–H and O–H groups in total. The van der Waals surface area contributed by atoms with E-state index in [-0.39, 0.29) is 0 Å². The minimum atomic E-state index is 0.909. The van der Waals surface area contributed by atoms with Crippen molar-refractivity contribution in [3.8, 4) is 0 Å². The fraction of sp³-hybridized carbons (Fsp3) is 0.250. The Labute approximate surface area is 79.8 Å². The first kappa shape index (κ1) is 9.72. The van der Waals surface area contributed by atoms with E-state index in [1.54, 1.807) is 0 Å². The molecular formula is C12H15N. The normalized spacial score (nSPS) is 11.5. The average molecular weight is 173 g/mol. The Morgan fingerprint density at radius 2 is 2.15 bits per heavy atom. The Hall–Kier alpha value is -1.37. The van der Waals surface area contributed by atoms with Crippen molar-refractivity contribution in [2.75, 3.05) is 0 Å². The second-order valence-corrected chi connectivity index (χ2v) is 2.93. The third-order valence-corrected chi connectivity index (χ3v) is 1.71. The molecule has 0 amide bonds. The minimum absolute atomic E-state index is 0.909.